The predicted octanol–water partition coefficient (Wildman–Crippen LogP) is 7.09. The molecule has 328 valence electrons. The van der Waals surface area contributed by atoms with E-state index < -0.39 is 144 Å². The average molecular weight is 1020 g/mol. The molecule has 0 amide bonds. The zero-order chi connectivity index (χ0) is 46.8. The van der Waals surface area contributed by atoms with Gasteiger partial charge in [0, 0.05) is 11.1 Å². The van der Waals surface area contributed by atoms with Crippen LogP contribution in [0.25, 0.3) is 11.1 Å². The number of aryl methyl sites for hydroxylation is 1. The number of halogens is 21. The van der Waals surface area contributed by atoms with Gasteiger partial charge in [0.05, 0.1) is 0 Å². The molecule has 0 fully saturated rings. The highest BCUT2D eigenvalue weighted by molar-refractivity contribution is 7.20. The topological polar surface area (TPSA) is 0 Å². The summed E-state index contributed by atoms with van der Waals surface area (Å²) in [5.41, 5.74) is -8.80. The third-order valence-electron chi connectivity index (χ3n) is 9.81. The van der Waals surface area contributed by atoms with Crippen molar-refractivity contribution in [3.8, 4) is 11.1 Å². The maximum atomic E-state index is 15.4. The van der Waals surface area contributed by atoms with Crippen LogP contribution in [0.1, 0.15) is 30.9 Å². The third kappa shape index (κ3) is 7.24. The van der Waals surface area contributed by atoms with E-state index >= 15 is 35.1 Å². The minimum absolute atomic E-state index is 0.585. The van der Waals surface area contributed by atoms with E-state index in [1.807, 2.05) is 0 Å². The lowest BCUT2D eigenvalue weighted by Crippen LogP contribution is -3.34. The first-order chi connectivity index (χ1) is 28.8. The standard InChI is InChI=1S/C24BF20.C16H18I/c26-5-1(6(27)14(35)21(42)13(5)34)25(2-7(28)15(36)22(43)16(37)8(2)29,3-9(30)17(38)23(44)18(39)10(3)31)4-11(32)19(40)24(45)20(41)12(4)33;1-11(2)13-9-6-10-15(16(13)17)14-8-5-4-7-12(14)3/h;4-11,17H,1-3H3/q-1;+1. The molecule has 6 aromatic rings. The fourth-order valence-corrected chi connectivity index (χ4v) is 8.35. The van der Waals surface area contributed by atoms with Crippen LogP contribution in [0.2, 0.25) is 0 Å². The maximum absolute atomic E-state index is 15.4. The van der Waals surface area contributed by atoms with E-state index in [1.54, 1.807) is 0 Å². The van der Waals surface area contributed by atoms with Gasteiger partial charge in [0.25, 0.3) is 22.6 Å². The summed E-state index contributed by atoms with van der Waals surface area (Å²) >= 11 is 2.15. The molecule has 0 spiro atoms. The van der Waals surface area contributed by atoms with Crippen molar-refractivity contribution in [3.63, 3.8) is 0 Å². The summed E-state index contributed by atoms with van der Waals surface area (Å²) in [5, 5.41) is 0. The Balaban J connectivity index is 0.000000355. The zero-order valence-corrected chi connectivity index (χ0v) is 33.0. The Morgan fingerprint density at radius 1 is 0.339 bits per heavy atom. The van der Waals surface area contributed by atoms with E-state index in [9.17, 15) is 52.7 Å². The Hall–Kier alpha value is -5.29. The highest BCUT2D eigenvalue weighted by atomic mass is 127. The number of benzene rings is 6. The Morgan fingerprint density at radius 3 is 0.839 bits per heavy atom. The molecule has 0 nitrogen and oxygen atoms in total. The van der Waals surface area contributed by atoms with Crippen molar-refractivity contribution in [2.75, 3.05) is 0 Å². The molecule has 6 aromatic carbocycles. The van der Waals surface area contributed by atoms with Crippen molar-refractivity contribution >= 4 is 28.0 Å². The van der Waals surface area contributed by atoms with Gasteiger partial charge in [-0.25, -0.2) is 87.8 Å². The first-order valence-electron chi connectivity index (χ1n) is 16.9. The summed E-state index contributed by atoms with van der Waals surface area (Å²) in [6, 6.07) is 15.2. The van der Waals surface area contributed by atoms with Crippen LogP contribution in [0.3, 0.4) is 0 Å². The molecular formula is C40H18BF20I. The number of rotatable bonds is 6. The quantitative estimate of drug-likeness (QED) is 0.0551. The normalized spacial score (nSPS) is 11.7. The van der Waals surface area contributed by atoms with Crippen molar-refractivity contribution < 1.29 is 110 Å². The monoisotopic (exact) mass is 1020 g/mol. The van der Waals surface area contributed by atoms with Crippen LogP contribution in [0.5, 0.6) is 0 Å². The smallest absolute Gasteiger partial charge is 0.207 e. The second-order valence-corrected chi connectivity index (χ2v) is 14.7. The summed E-state index contributed by atoms with van der Waals surface area (Å²) in [4.78, 5) is 0. The summed E-state index contributed by atoms with van der Waals surface area (Å²) in [6.07, 6.45) is -7.22. The lowest BCUT2D eigenvalue weighted by molar-refractivity contribution is -0.328. The average Bonchev–Trinajstić information content (AvgIpc) is 3.24. The molecule has 62 heavy (non-hydrogen) atoms. The van der Waals surface area contributed by atoms with Crippen molar-refractivity contribution in [2.45, 2.75) is 26.7 Å². The van der Waals surface area contributed by atoms with Gasteiger partial charge in [0.15, 0.2) is 73.4 Å². The van der Waals surface area contributed by atoms with Crippen LogP contribution in [0.15, 0.2) is 42.5 Å². The lowest BCUT2D eigenvalue weighted by Gasteiger charge is -2.44. The fourth-order valence-electron chi connectivity index (χ4n) is 6.97. The van der Waals surface area contributed by atoms with E-state index in [0.717, 1.165) is 0 Å². The largest absolute Gasteiger partial charge is 0.297 e. The van der Waals surface area contributed by atoms with Crippen LogP contribution < -0.4 is 44.4 Å². The number of hydrogen-bond acceptors (Lipinski definition) is 0. The highest BCUT2D eigenvalue weighted by Gasteiger charge is 2.52. The molecule has 0 saturated carbocycles. The van der Waals surface area contributed by atoms with Crippen molar-refractivity contribution in [1.29, 1.82) is 0 Å². The Morgan fingerprint density at radius 2 is 0.581 bits per heavy atom. The van der Waals surface area contributed by atoms with Gasteiger partial charge in [-0.2, -0.15) is 0 Å². The van der Waals surface area contributed by atoms with Crippen LogP contribution in [0.4, 0.5) is 87.8 Å². The molecule has 0 aliphatic heterocycles. The van der Waals surface area contributed by atoms with Gasteiger partial charge in [0.2, 0.25) is 0 Å². The molecule has 0 atom stereocenters. The van der Waals surface area contributed by atoms with Crippen LogP contribution in [-0.2, 0) is 0 Å². The van der Waals surface area contributed by atoms with E-state index in [-0.39, 0.29) is 0 Å². The lowest BCUT2D eigenvalue weighted by atomic mass is 9.12. The van der Waals surface area contributed by atoms with Crippen LogP contribution in [-0.4, -0.2) is 6.15 Å². The summed E-state index contributed by atoms with van der Waals surface area (Å²) in [6.45, 7) is 6.69. The van der Waals surface area contributed by atoms with Crippen LogP contribution >= 0.6 is 0 Å². The zero-order valence-electron chi connectivity index (χ0n) is 30.7. The van der Waals surface area contributed by atoms with Gasteiger partial charge in [-0.15, -0.1) is 21.9 Å². The molecule has 0 heterocycles. The Labute approximate surface area is 348 Å². The second kappa shape index (κ2) is 17.5. The van der Waals surface area contributed by atoms with E-state index in [2.05, 4.69) is 85.8 Å². The first kappa shape index (κ1) is 47.8. The molecule has 0 unspecified atom stereocenters. The van der Waals surface area contributed by atoms with Gasteiger partial charge in [-0.1, -0.05) is 50.2 Å². The van der Waals surface area contributed by atoms with E-state index in [1.165, 1.54) is 25.8 Å². The SMILES string of the molecule is Cc1ccccc1-c1cccc(C(C)C)c1[IH+].Fc1c(F)c(F)c([B-](c2c(F)c(F)c(F)c(F)c2F)(c2c(F)c(F)c(F)c(F)c2F)c2c(F)c(F)c(F)c(F)c2F)c(F)c1F. The van der Waals surface area contributed by atoms with Crippen molar-refractivity contribution in [1.82, 2.24) is 0 Å². The van der Waals surface area contributed by atoms with Crippen LogP contribution in [0, 0.1) is 127 Å². The minimum atomic E-state index is -7.22. The predicted molar refractivity (Wildman–Crippen MR) is 180 cm³/mol. The molecule has 0 bridgehead atoms. The van der Waals surface area contributed by atoms with Gasteiger partial charge in [-0.05, 0) is 30.0 Å². The van der Waals surface area contributed by atoms with Crippen molar-refractivity contribution in [2.24, 2.45) is 0 Å². The molecule has 0 saturated heterocycles. The van der Waals surface area contributed by atoms with Gasteiger partial charge in [-0.3, -0.25) is 0 Å². The number of hydrogen-bond donors (Lipinski definition) is 0. The second-order valence-electron chi connectivity index (χ2n) is 13.5. The summed E-state index contributed by atoms with van der Waals surface area (Å²) in [7, 11) is 0. The molecular weight excluding hydrogens is 998 g/mol. The Kier molecular flexibility index (Phi) is 13.5. The van der Waals surface area contributed by atoms with Crippen molar-refractivity contribution in [3.05, 3.63) is 174 Å². The molecule has 22 heteroatoms. The third-order valence-corrected chi connectivity index (χ3v) is 11.1. The van der Waals surface area contributed by atoms with E-state index in [0.29, 0.717) is 5.92 Å². The van der Waals surface area contributed by atoms with Gasteiger partial charge < -0.3 is 0 Å². The van der Waals surface area contributed by atoms with Gasteiger partial charge in [0.1, 0.15) is 52.7 Å². The molecule has 0 N–H and O–H groups in total. The fraction of sp³-hybridized carbons (Fsp3) is 0.100. The molecule has 0 aliphatic rings. The summed E-state index contributed by atoms with van der Waals surface area (Å²) in [5.74, 6) is -70.8. The Bertz CT molecular complexity index is 2420. The first-order valence-corrected chi connectivity index (χ1v) is 18.1. The molecule has 6 rings (SSSR count). The highest BCUT2D eigenvalue weighted by Crippen LogP contribution is 2.31. The summed E-state index contributed by atoms with van der Waals surface area (Å²) < 4.78 is 295. The minimum Gasteiger partial charge on any atom is -0.207 e. The maximum Gasteiger partial charge on any atom is 0.297 e. The molecule has 0 aromatic heterocycles. The van der Waals surface area contributed by atoms with Gasteiger partial charge >= 0.3 is 0 Å². The molecule has 0 aliphatic carbocycles. The molecule has 0 radical (unpaired) electrons. The van der Waals surface area contributed by atoms with E-state index in [4.69, 9.17) is 0 Å².